The molecule has 0 spiro atoms. The van der Waals surface area contributed by atoms with Gasteiger partial charge in [0.2, 0.25) is 0 Å². The molecule has 20 heavy (non-hydrogen) atoms. The Hall–Kier alpha value is -2.30. The van der Waals surface area contributed by atoms with Crippen LogP contribution in [0.4, 0.5) is 4.39 Å². The van der Waals surface area contributed by atoms with Crippen molar-refractivity contribution in [3.8, 4) is 17.2 Å². The maximum absolute atomic E-state index is 13.4. The van der Waals surface area contributed by atoms with Gasteiger partial charge in [-0.15, -0.1) is 0 Å². The molecular weight excluding hydrogens is 261 g/mol. The number of methoxy groups -OCH3 is 2. The van der Waals surface area contributed by atoms with E-state index in [1.54, 1.807) is 38.4 Å². The van der Waals surface area contributed by atoms with Gasteiger partial charge >= 0.3 is 0 Å². The fourth-order valence-electron chi connectivity index (χ4n) is 1.77. The summed E-state index contributed by atoms with van der Waals surface area (Å²) in [4.78, 5) is 4.19. The van der Waals surface area contributed by atoms with Crippen molar-refractivity contribution in [1.82, 2.24) is 4.98 Å². The standard InChI is InChI=1S/C15H16FNO3/c1-10-4-5-11(8-12(10)16)20-9-13-15(19-3)14(18-2)6-7-17-13/h4-8H,9H2,1-3H3. The highest BCUT2D eigenvalue weighted by atomic mass is 19.1. The van der Waals surface area contributed by atoms with E-state index in [4.69, 9.17) is 14.2 Å². The van der Waals surface area contributed by atoms with Crippen molar-refractivity contribution < 1.29 is 18.6 Å². The first-order valence-corrected chi connectivity index (χ1v) is 6.10. The van der Waals surface area contributed by atoms with E-state index in [0.29, 0.717) is 28.5 Å². The molecule has 0 saturated carbocycles. The lowest BCUT2D eigenvalue weighted by Crippen LogP contribution is -2.03. The molecule has 0 aliphatic carbocycles. The van der Waals surface area contributed by atoms with Crippen molar-refractivity contribution in [1.29, 1.82) is 0 Å². The maximum Gasteiger partial charge on any atom is 0.185 e. The van der Waals surface area contributed by atoms with E-state index in [1.807, 2.05) is 0 Å². The van der Waals surface area contributed by atoms with Gasteiger partial charge in [-0.2, -0.15) is 0 Å². The summed E-state index contributed by atoms with van der Waals surface area (Å²) in [7, 11) is 3.09. The molecule has 4 nitrogen and oxygen atoms in total. The van der Waals surface area contributed by atoms with Gasteiger partial charge in [-0.25, -0.2) is 4.39 Å². The Labute approximate surface area is 117 Å². The number of benzene rings is 1. The zero-order valence-corrected chi connectivity index (χ0v) is 11.6. The van der Waals surface area contributed by atoms with Gasteiger partial charge in [0, 0.05) is 18.3 Å². The fourth-order valence-corrected chi connectivity index (χ4v) is 1.77. The molecule has 106 valence electrons. The quantitative estimate of drug-likeness (QED) is 0.842. The first-order chi connectivity index (χ1) is 9.65. The second kappa shape index (κ2) is 6.23. The number of hydrogen-bond donors (Lipinski definition) is 0. The van der Waals surface area contributed by atoms with Gasteiger partial charge in [-0.1, -0.05) is 6.07 Å². The lowest BCUT2D eigenvalue weighted by atomic mass is 10.2. The summed E-state index contributed by atoms with van der Waals surface area (Å²) in [6.45, 7) is 1.87. The summed E-state index contributed by atoms with van der Waals surface area (Å²) in [5.74, 6) is 1.24. The molecule has 0 unspecified atom stereocenters. The normalized spacial score (nSPS) is 10.2. The highest BCUT2D eigenvalue weighted by Gasteiger charge is 2.11. The third-order valence-corrected chi connectivity index (χ3v) is 2.89. The minimum atomic E-state index is -0.298. The van der Waals surface area contributed by atoms with Crippen LogP contribution in [0.25, 0.3) is 0 Å². The molecule has 0 amide bonds. The Kier molecular flexibility index (Phi) is 4.40. The van der Waals surface area contributed by atoms with Gasteiger partial charge in [0.15, 0.2) is 11.5 Å². The molecular formula is C15H16FNO3. The van der Waals surface area contributed by atoms with Crippen molar-refractivity contribution in [2.24, 2.45) is 0 Å². The number of nitrogens with zero attached hydrogens (tertiary/aromatic N) is 1. The van der Waals surface area contributed by atoms with Gasteiger partial charge in [-0.05, 0) is 18.6 Å². The summed E-state index contributed by atoms with van der Waals surface area (Å²) in [6.07, 6.45) is 1.61. The number of hydrogen-bond acceptors (Lipinski definition) is 4. The number of pyridine rings is 1. The smallest absolute Gasteiger partial charge is 0.185 e. The Morgan fingerprint density at radius 2 is 1.95 bits per heavy atom. The molecule has 0 radical (unpaired) electrons. The topological polar surface area (TPSA) is 40.6 Å². The van der Waals surface area contributed by atoms with E-state index in [2.05, 4.69) is 4.98 Å². The van der Waals surface area contributed by atoms with E-state index in [1.165, 1.54) is 13.2 Å². The monoisotopic (exact) mass is 277 g/mol. The summed E-state index contributed by atoms with van der Waals surface area (Å²) in [5, 5.41) is 0. The molecule has 2 rings (SSSR count). The van der Waals surface area contributed by atoms with Gasteiger partial charge < -0.3 is 14.2 Å². The third-order valence-electron chi connectivity index (χ3n) is 2.89. The van der Waals surface area contributed by atoms with Crippen molar-refractivity contribution in [2.45, 2.75) is 13.5 Å². The van der Waals surface area contributed by atoms with Crippen LogP contribution in [0.5, 0.6) is 17.2 Å². The average Bonchev–Trinajstić information content (AvgIpc) is 2.47. The predicted octanol–water partition coefficient (Wildman–Crippen LogP) is 3.13. The number of ether oxygens (including phenoxy) is 3. The molecule has 1 heterocycles. The molecule has 0 saturated heterocycles. The molecule has 0 fully saturated rings. The summed E-state index contributed by atoms with van der Waals surface area (Å²) in [5.41, 5.74) is 1.17. The van der Waals surface area contributed by atoms with Crippen LogP contribution < -0.4 is 14.2 Å². The Morgan fingerprint density at radius 3 is 2.60 bits per heavy atom. The lowest BCUT2D eigenvalue weighted by Gasteiger charge is -2.12. The molecule has 1 aromatic heterocycles. The molecule has 0 aliphatic heterocycles. The molecule has 0 atom stereocenters. The van der Waals surface area contributed by atoms with E-state index in [-0.39, 0.29) is 12.4 Å². The van der Waals surface area contributed by atoms with E-state index < -0.39 is 0 Å². The SMILES string of the molecule is COc1ccnc(COc2ccc(C)c(F)c2)c1OC. The van der Waals surface area contributed by atoms with E-state index in [9.17, 15) is 4.39 Å². The number of aromatic nitrogens is 1. The highest BCUT2D eigenvalue weighted by Crippen LogP contribution is 2.29. The van der Waals surface area contributed by atoms with E-state index in [0.717, 1.165) is 0 Å². The molecule has 0 aliphatic rings. The number of rotatable bonds is 5. The number of aryl methyl sites for hydroxylation is 1. The van der Waals surface area contributed by atoms with Crippen molar-refractivity contribution in [2.75, 3.05) is 14.2 Å². The maximum atomic E-state index is 13.4. The van der Waals surface area contributed by atoms with Crippen LogP contribution in [-0.4, -0.2) is 19.2 Å². The first kappa shape index (κ1) is 14.1. The van der Waals surface area contributed by atoms with E-state index >= 15 is 0 Å². The lowest BCUT2D eigenvalue weighted by molar-refractivity contribution is 0.283. The third kappa shape index (κ3) is 2.99. The molecule has 2 aromatic rings. The van der Waals surface area contributed by atoms with Crippen LogP contribution in [0.15, 0.2) is 30.5 Å². The molecule has 1 aromatic carbocycles. The Balaban J connectivity index is 2.16. The second-order valence-corrected chi connectivity index (χ2v) is 4.19. The van der Waals surface area contributed by atoms with Crippen LogP contribution in [0.2, 0.25) is 0 Å². The van der Waals surface area contributed by atoms with Crippen LogP contribution in [0.1, 0.15) is 11.3 Å². The van der Waals surface area contributed by atoms with Crippen molar-refractivity contribution in [3.63, 3.8) is 0 Å². The minimum Gasteiger partial charge on any atom is -0.493 e. The zero-order chi connectivity index (χ0) is 14.5. The molecule has 0 N–H and O–H groups in total. The van der Waals surface area contributed by atoms with Gasteiger partial charge in [0.05, 0.1) is 14.2 Å². The van der Waals surface area contributed by atoms with Crippen LogP contribution in [0, 0.1) is 12.7 Å². The average molecular weight is 277 g/mol. The zero-order valence-electron chi connectivity index (χ0n) is 11.6. The Bertz CT molecular complexity index is 602. The molecule has 0 bridgehead atoms. The van der Waals surface area contributed by atoms with Gasteiger partial charge in [-0.3, -0.25) is 4.98 Å². The summed E-state index contributed by atoms with van der Waals surface area (Å²) < 4.78 is 29.4. The minimum absolute atomic E-state index is 0.170. The predicted molar refractivity (Wildman–Crippen MR) is 72.8 cm³/mol. The Morgan fingerprint density at radius 1 is 1.15 bits per heavy atom. The highest BCUT2D eigenvalue weighted by molar-refractivity contribution is 5.42. The summed E-state index contributed by atoms with van der Waals surface area (Å²) in [6, 6.07) is 6.43. The number of halogens is 1. The largest absolute Gasteiger partial charge is 0.493 e. The van der Waals surface area contributed by atoms with Crippen molar-refractivity contribution >= 4 is 0 Å². The fraction of sp³-hybridized carbons (Fsp3) is 0.267. The second-order valence-electron chi connectivity index (χ2n) is 4.19. The first-order valence-electron chi connectivity index (χ1n) is 6.10. The summed E-state index contributed by atoms with van der Waals surface area (Å²) >= 11 is 0. The van der Waals surface area contributed by atoms with Crippen molar-refractivity contribution in [3.05, 3.63) is 47.5 Å². The molecule has 5 heteroatoms. The van der Waals surface area contributed by atoms with Crippen LogP contribution in [0.3, 0.4) is 0 Å². The van der Waals surface area contributed by atoms with Crippen LogP contribution in [-0.2, 0) is 6.61 Å². The van der Waals surface area contributed by atoms with Gasteiger partial charge in [0.25, 0.3) is 0 Å². The van der Waals surface area contributed by atoms with Crippen LogP contribution >= 0.6 is 0 Å². The van der Waals surface area contributed by atoms with Gasteiger partial charge in [0.1, 0.15) is 23.9 Å².